The SMILES string of the molecule is COc1ccc(N(CC2CCCCC2)S(C)(=O)=O)cc1CNC1CCCNC1c1ccccc1. The number of hydrogen-bond acceptors (Lipinski definition) is 5. The van der Waals surface area contributed by atoms with Crippen LogP contribution in [0.4, 0.5) is 5.69 Å². The van der Waals surface area contributed by atoms with Crippen molar-refractivity contribution in [2.75, 3.05) is 30.8 Å². The first-order valence-corrected chi connectivity index (χ1v) is 14.5. The monoisotopic (exact) mass is 485 g/mol. The smallest absolute Gasteiger partial charge is 0.232 e. The second-order valence-electron chi connectivity index (χ2n) is 9.77. The molecule has 4 rings (SSSR count). The molecule has 6 nitrogen and oxygen atoms in total. The van der Waals surface area contributed by atoms with E-state index in [1.165, 1.54) is 31.1 Å². The Labute approximate surface area is 205 Å². The van der Waals surface area contributed by atoms with Crippen LogP contribution in [0.3, 0.4) is 0 Å². The Kier molecular flexibility index (Phi) is 8.51. The summed E-state index contributed by atoms with van der Waals surface area (Å²) in [6.07, 6.45) is 9.38. The second kappa shape index (κ2) is 11.6. The molecule has 2 aliphatic rings. The van der Waals surface area contributed by atoms with Crippen molar-refractivity contribution in [3.05, 3.63) is 59.7 Å². The van der Waals surface area contributed by atoms with Crippen molar-refractivity contribution in [1.29, 1.82) is 0 Å². The zero-order valence-corrected chi connectivity index (χ0v) is 21.3. The molecule has 34 heavy (non-hydrogen) atoms. The van der Waals surface area contributed by atoms with Gasteiger partial charge in [0.1, 0.15) is 5.75 Å². The van der Waals surface area contributed by atoms with E-state index in [2.05, 4.69) is 34.9 Å². The van der Waals surface area contributed by atoms with Gasteiger partial charge >= 0.3 is 0 Å². The van der Waals surface area contributed by atoms with Gasteiger partial charge in [-0.15, -0.1) is 0 Å². The molecule has 0 amide bonds. The third kappa shape index (κ3) is 6.32. The average molecular weight is 486 g/mol. The number of sulfonamides is 1. The predicted molar refractivity (Wildman–Crippen MR) is 139 cm³/mol. The maximum Gasteiger partial charge on any atom is 0.232 e. The minimum Gasteiger partial charge on any atom is -0.496 e. The van der Waals surface area contributed by atoms with Crippen LogP contribution in [0, 0.1) is 5.92 Å². The third-order valence-corrected chi connectivity index (χ3v) is 8.43. The molecule has 1 heterocycles. The Morgan fingerprint density at radius 3 is 2.50 bits per heavy atom. The lowest BCUT2D eigenvalue weighted by Crippen LogP contribution is -2.45. The molecule has 0 radical (unpaired) electrons. The summed E-state index contributed by atoms with van der Waals surface area (Å²) in [7, 11) is -1.70. The Morgan fingerprint density at radius 1 is 1.03 bits per heavy atom. The molecule has 0 bridgehead atoms. The van der Waals surface area contributed by atoms with E-state index in [0.717, 1.165) is 49.2 Å². The summed E-state index contributed by atoms with van der Waals surface area (Å²) in [5.74, 6) is 1.20. The number of ether oxygens (including phenoxy) is 1. The summed E-state index contributed by atoms with van der Waals surface area (Å²) in [5, 5.41) is 7.40. The number of benzene rings is 2. The van der Waals surface area contributed by atoms with Crippen molar-refractivity contribution in [1.82, 2.24) is 10.6 Å². The molecule has 2 aromatic rings. The van der Waals surface area contributed by atoms with Crippen LogP contribution in [0.1, 0.15) is 62.1 Å². The lowest BCUT2D eigenvalue weighted by molar-refractivity contribution is 0.303. The van der Waals surface area contributed by atoms with Crippen molar-refractivity contribution >= 4 is 15.7 Å². The minimum absolute atomic E-state index is 0.253. The summed E-state index contributed by atoms with van der Waals surface area (Å²) in [5.41, 5.74) is 3.00. The van der Waals surface area contributed by atoms with Gasteiger partial charge in [0.25, 0.3) is 0 Å². The van der Waals surface area contributed by atoms with Crippen LogP contribution in [0.15, 0.2) is 48.5 Å². The first-order valence-electron chi connectivity index (χ1n) is 12.6. The standard InChI is InChI=1S/C27H39N3O3S/c1-33-26-16-15-24(30(34(2,31)32)20-21-10-5-3-6-11-21)18-23(26)19-29-25-14-9-17-28-27(25)22-12-7-4-8-13-22/h4,7-8,12-13,15-16,18,21,25,27-29H,3,5-6,9-11,14,17,19-20H2,1-2H3. The van der Waals surface area contributed by atoms with Gasteiger partial charge in [-0.05, 0) is 61.9 Å². The van der Waals surface area contributed by atoms with Crippen LogP contribution >= 0.6 is 0 Å². The Bertz CT molecular complexity index is 1020. The van der Waals surface area contributed by atoms with Gasteiger partial charge in [-0.1, -0.05) is 49.6 Å². The summed E-state index contributed by atoms with van der Waals surface area (Å²) in [6.45, 7) is 2.19. The summed E-state index contributed by atoms with van der Waals surface area (Å²) < 4.78 is 32.7. The zero-order valence-electron chi connectivity index (χ0n) is 20.5. The summed E-state index contributed by atoms with van der Waals surface area (Å²) in [4.78, 5) is 0. The highest BCUT2D eigenvalue weighted by molar-refractivity contribution is 7.92. The normalized spacial score (nSPS) is 21.8. The summed E-state index contributed by atoms with van der Waals surface area (Å²) >= 11 is 0. The van der Waals surface area contributed by atoms with Crippen LogP contribution in [0.5, 0.6) is 5.75 Å². The van der Waals surface area contributed by atoms with E-state index in [0.29, 0.717) is 19.0 Å². The van der Waals surface area contributed by atoms with E-state index >= 15 is 0 Å². The molecule has 1 saturated carbocycles. The molecule has 1 aliphatic heterocycles. The molecular formula is C27H39N3O3S. The number of nitrogens with zero attached hydrogens (tertiary/aromatic N) is 1. The first kappa shape index (κ1) is 25.0. The Morgan fingerprint density at radius 2 is 1.79 bits per heavy atom. The average Bonchev–Trinajstić information content (AvgIpc) is 2.86. The van der Waals surface area contributed by atoms with Crippen molar-refractivity contribution in [2.45, 2.75) is 63.6 Å². The second-order valence-corrected chi connectivity index (χ2v) is 11.7. The maximum atomic E-state index is 12.7. The molecular weight excluding hydrogens is 446 g/mol. The van der Waals surface area contributed by atoms with E-state index < -0.39 is 10.0 Å². The lowest BCUT2D eigenvalue weighted by atomic mass is 9.89. The van der Waals surface area contributed by atoms with Gasteiger partial charge in [0.15, 0.2) is 0 Å². The molecule has 1 aliphatic carbocycles. The van der Waals surface area contributed by atoms with Crippen molar-refractivity contribution in [3.8, 4) is 5.75 Å². The topological polar surface area (TPSA) is 70.7 Å². The number of hydrogen-bond donors (Lipinski definition) is 2. The van der Waals surface area contributed by atoms with Gasteiger partial charge in [-0.3, -0.25) is 4.31 Å². The van der Waals surface area contributed by atoms with Crippen LogP contribution in [0.2, 0.25) is 0 Å². The first-order chi connectivity index (χ1) is 16.5. The molecule has 1 saturated heterocycles. The fraction of sp³-hybridized carbons (Fsp3) is 0.556. The van der Waals surface area contributed by atoms with Crippen LogP contribution in [0.25, 0.3) is 0 Å². The minimum atomic E-state index is -3.37. The Balaban J connectivity index is 1.53. The molecule has 2 atom stereocenters. The van der Waals surface area contributed by atoms with Crippen molar-refractivity contribution in [2.24, 2.45) is 5.92 Å². The number of nitrogens with one attached hydrogen (secondary N) is 2. The van der Waals surface area contributed by atoms with E-state index in [4.69, 9.17) is 4.74 Å². The molecule has 0 spiro atoms. The molecule has 7 heteroatoms. The number of piperidine rings is 1. The number of methoxy groups -OCH3 is 1. The maximum absolute atomic E-state index is 12.7. The molecule has 186 valence electrons. The molecule has 2 aromatic carbocycles. The van der Waals surface area contributed by atoms with E-state index in [1.807, 2.05) is 24.3 Å². The number of rotatable bonds is 9. The predicted octanol–water partition coefficient (Wildman–Crippen LogP) is 4.62. The van der Waals surface area contributed by atoms with Gasteiger partial charge in [-0.25, -0.2) is 8.42 Å². The summed E-state index contributed by atoms with van der Waals surface area (Å²) in [6, 6.07) is 16.9. The van der Waals surface area contributed by atoms with E-state index in [-0.39, 0.29) is 12.1 Å². The Hall–Kier alpha value is -2.09. The van der Waals surface area contributed by atoms with E-state index in [1.54, 1.807) is 11.4 Å². The van der Waals surface area contributed by atoms with Crippen molar-refractivity contribution < 1.29 is 13.2 Å². The van der Waals surface area contributed by atoms with Gasteiger partial charge in [0, 0.05) is 30.7 Å². The molecule has 0 aromatic heterocycles. The highest BCUT2D eigenvalue weighted by atomic mass is 32.2. The van der Waals surface area contributed by atoms with Gasteiger partial charge in [0.05, 0.1) is 19.1 Å². The van der Waals surface area contributed by atoms with Gasteiger partial charge < -0.3 is 15.4 Å². The van der Waals surface area contributed by atoms with Crippen LogP contribution in [-0.2, 0) is 16.6 Å². The molecule has 2 unspecified atom stereocenters. The van der Waals surface area contributed by atoms with E-state index in [9.17, 15) is 8.42 Å². The van der Waals surface area contributed by atoms with Gasteiger partial charge in [-0.2, -0.15) is 0 Å². The van der Waals surface area contributed by atoms with Gasteiger partial charge in [0.2, 0.25) is 10.0 Å². The largest absolute Gasteiger partial charge is 0.496 e. The fourth-order valence-corrected chi connectivity index (χ4v) is 6.43. The van der Waals surface area contributed by atoms with Crippen molar-refractivity contribution in [3.63, 3.8) is 0 Å². The number of anilines is 1. The quantitative estimate of drug-likeness (QED) is 0.542. The van der Waals surface area contributed by atoms with Crippen LogP contribution < -0.4 is 19.7 Å². The highest BCUT2D eigenvalue weighted by Crippen LogP contribution is 2.31. The molecule has 2 N–H and O–H groups in total. The lowest BCUT2D eigenvalue weighted by Gasteiger charge is -2.34. The zero-order chi connectivity index (χ0) is 24.0. The molecule has 2 fully saturated rings. The fourth-order valence-electron chi connectivity index (χ4n) is 5.45. The highest BCUT2D eigenvalue weighted by Gasteiger charge is 2.27. The van der Waals surface area contributed by atoms with Crippen LogP contribution in [-0.4, -0.2) is 40.9 Å². The third-order valence-electron chi connectivity index (χ3n) is 7.27.